The van der Waals surface area contributed by atoms with Crippen LogP contribution in [0.3, 0.4) is 0 Å². The van der Waals surface area contributed by atoms with Crippen LogP contribution in [0, 0.1) is 11.3 Å². The summed E-state index contributed by atoms with van der Waals surface area (Å²) in [7, 11) is 0. The van der Waals surface area contributed by atoms with Gasteiger partial charge < -0.3 is 10.2 Å². The average molecular weight is 426 g/mol. The Kier molecular flexibility index (Phi) is 6.47. The van der Waals surface area contributed by atoms with Crippen molar-refractivity contribution in [2.45, 2.75) is 13.2 Å². The first-order valence-corrected chi connectivity index (χ1v) is 10.3. The van der Waals surface area contributed by atoms with Crippen LogP contribution in [0.2, 0.25) is 5.02 Å². The van der Waals surface area contributed by atoms with E-state index < -0.39 is 0 Å². The van der Waals surface area contributed by atoms with Gasteiger partial charge >= 0.3 is 0 Å². The SMILES string of the molecule is N#Cc1ccc(COc2ccc3ccccc3c2/C=N\NCc2ccccc2Cl)cc1. The van der Waals surface area contributed by atoms with Crippen LogP contribution in [0.4, 0.5) is 0 Å². The quantitative estimate of drug-likeness (QED) is 0.289. The summed E-state index contributed by atoms with van der Waals surface area (Å²) in [6.45, 7) is 0.931. The van der Waals surface area contributed by atoms with Crippen LogP contribution >= 0.6 is 11.6 Å². The van der Waals surface area contributed by atoms with E-state index in [0.29, 0.717) is 23.7 Å². The average Bonchev–Trinajstić information content (AvgIpc) is 2.82. The van der Waals surface area contributed by atoms with Crippen LogP contribution in [0.5, 0.6) is 5.75 Å². The van der Waals surface area contributed by atoms with Crippen LogP contribution in [0.1, 0.15) is 22.3 Å². The number of nitrogens with zero attached hydrogens (tertiary/aromatic N) is 2. The molecule has 0 aliphatic carbocycles. The molecule has 0 saturated heterocycles. The van der Waals surface area contributed by atoms with Gasteiger partial charge in [-0.1, -0.05) is 72.3 Å². The summed E-state index contributed by atoms with van der Waals surface area (Å²) in [5.41, 5.74) is 6.58. The maximum absolute atomic E-state index is 8.96. The van der Waals surface area contributed by atoms with E-state index in [-0.39, 0.29) is 0 Å². The third kappa shape index (κ3) is 5.03. The molecule has 0 heterocycles. The van der Waals surface area contributed by atoms with E-state index >= 15 is 0 Å². The number of halogens is 1. The lowest BCUT2D eigenvalue weighted by molar-refractivity contribution is 0.306. The highest BCUT2D eigenvalue weighted by Crippen LogP contribution is 2.27. The van der Waals surface area contributed by atoms with Crippen molar-refractivity contribution >= 4 is 28.6 Å². The first-order chi connectivity index (χ1) is 15.2. The Morgan fingerprint density at radius 3 is 2.52 bits per heavy atom. The summed E-state index contributed by atoms with van der Waals surface area (Å²) in [5, 5.41) is 16.3. The van der Waals surface area contributed by atoms with Crippen LogP contribution < -0.4 is 10.2 Å². The predicted octanol–water partition coefficient (Wildman–Crippen LogP) is 6.07. The Hall–Kier alpha value is -3.81. The molecule has 4 nitrogen and oxygen atoms in total. The summed E-state index contributed by atoms with van der Waals surface area (Å²) >= 11 is 6.21. The Morgan fingerprint density at radius 1 is 0.935 bits per heavy atom. The summed E-state index contributed by atoms with van der Waals surface area (Å²) in [5.74, 6) is 0.742. The predicted molar refractivity (Wildman–Crippen MR) is 125 cm³/mol. The van der Waals surface area contributed by atoms with Crippen molar-refractivity contribution in [3.8, 4) is 11.8 Å². The number of hydrogen-bond acceptors (Lipinski definition) is 4. The lowest BCUT2D eigenvalue weighted by atomic mass is 10.0. The summed E-state index contributed by atoms with van der Waals surface area (Å²) < 4.78 is 6.12. The zero-order valence-corrected chi connectivity index (χ0v) is 17.5. The number of rotatable bonds is 7. The largest absolute Gasteiger partial charge is 0.488 e. The standard InChI is InChI=1S/C26H20ClN3O/c27-25-8-4-2-6-22(25)16-29-30-17-24-23-7-3-1-5-21(23)13-14-26(24)31-18-20-11-9-19(15-28)10-12-20/h1-14,17,29H,16,18H2/b30-17-. The van der Waals surface area contributed by atoms with Gasteiger partial charge in [0, 0.05) is 10.6 Å². The van der Waals surface area contributed by atoms with E-state index in [1.165, 1.54) is 0 Å². The second-order valence-electron chi connectivity index (χ2n) is 6.98. The van der Waals surface area contributed by atoms with E-state index in [2.05, 4.69) is 28.7 Å². The van der Waals surface area contributed by atoms with Gasteiger partial charge in [-0.25, -0.2) is 0 Å². The third-order valence-corrected chi connectivity index (χ3v) is 5.29. The summed E-state index contributed by atoms with van der Waals surface area (Å²) in [4.78, 5) is 0. The zero-order chi connectivity index (χ0) is 21.5. The molecule has 0 aromatic heterocycles. The Labute approximate surface area is 186 Å². The van der Waals surface area contributed by atoms with Crippen molar-refractivity contribution in [1.82, 2.24) is 5.43 Å². The second-order valence-corrected chi connectivity index (χ2v) is 7.39. The number of benzene rings is 4. The molecule has 0 radical (unpaired) electrons. The molecule has 4 aromatic carbocycles. The van der Waals surface area contributed by atoms with E-state index in [0.717, 1.165) is 33.2 Å². The van der Waals surface area contributed by atoms with Crippen LogP contribution in [0.25, 0.3) is 10.8 Å². The van der Waals surface area contributed by atoms with E-state index in [9.17, 15) is 0 Å². The molecule has 0 atom stereocenters. The minimum atomic E-state index is 0.401. The van der Waals surface area contributed by atoms with Crippen molar-refractivity contribution in [2.75, 3.05) is 0 Å². The van der Waals surface area contributed by atoms with Gasteiger partial charge in [0.25, 0.3) is 0 Å². The van der Waals surface area contributed by atoms with E-state index in [1.54, 1.807) is 18.3 Å². The number of hydrogen-bond donors (Lipinski definition) is 1. The molecule has 5 heteroatoms. The molecule has 4 aromatic rings. The third-order valence-electron chi connectivity index (χ3n) is 4.92. The van der Waals surface area contributed by atoms with Crippen molar-refractivity contribution in [2.24, 2.45) is 5.10 Å². The molecule has 4 rings (SSSR count). The molecular weight excluding hydrogens is 406 g/mol. The number of fused-ring (bicyclic) bond motifs is 1. The molecule has 0 fully saturated rings. The zero-order valence-electron chi connectivity index (χ0n) is 16.8. The summed E-state index contributed by atoms with van der Waals surface area (Å²) in [6, 6.07) is 29.3. The van der Waals surface area contributed by atoms with Gasteiger partial charge in [-0.05, 0) is 46.2 Å². The minimum Gasteiger partial charge on any atom is -0.488 e. The maximum Gasteiger partial charge on any atom is 0.129 e. The summed E-state index contributed by atoms with van der Waals surface area (Å²) in [6.07, 6.45) is 1.79. The molecule has 0 aliphatic heterocycles. The smallest absolute Gasteiger partial charge is 0.129 e. The Balaban J connectivity index is 1.54. The number of ether oxygens (including phenoxy) is 1. The second kappa shape index (κ2) is 9.80. The van der Waals surface area contributed by atoms with Gasteiger partial charge in [0.05, 0.1) is 24.4 Å². The van der Waals surface area contributed by atoms with Crippen molar-refractivity contribution < 1.29 is 4.74 Å². The molecule has 0 amide bonds. The van der Waals surface area contributed by atoms with E-state index in [1.807, 2.05) is 60.7 Å². The fourth-order valence-corrected chi connectivity index (χ4v) is 3.46. The monoisotopic (exact) mass is 425 g/mol. The fourth-order valence-electron chi connectivity index (χ4n) is 3.25. The molecule has 0 saturated carbocycles. The van der Waals surface area contributed by atoms with E-state index in [4.69, 9.17) is 21.6 Å². The van der Waals surface area contributed by atoms with Gasteiger partial charge in [0.1, 0.15) is 12.4 Å². The molecule has 0 bridgehead atoms. The molecule has 0 spiro atoms. The highest BCUT2D eigenvalue weighted by atomic mass is 35.5. The van der Waals surface area contributed by atoms with Gasteiger partial charge in [0.15, 0.2) is 0 Å². The van der Waals surface area contributed by atoms with Gasteiger partial charge in [-0.3, -0.25) is 0 Å². The molecule has 0 aliphatic rings. The molecule has 152 valence electrons. The Bertz CT molecular complexity index is 1260. The van der Waals surface area contributed by atoms with Crippen molar-refractivity contribution in [3.05, 3.63) is 112 Å². The first-order valence-electron chi connectivity index (χ1n) is 9.87. The van der Waals surface area contributed by atoms with Gasteiger partial charge in [-0.2, -0.15) is 10.4 Å². The number of nitrogens with one attached hydrogen (secondary N) is 1. The molecule has 0 unspecified atom stereocenters. The molecular formula is C26H20ClN3O. The number of hydrazone groups is 1. The first kappa shape index (κ1) is 20.5. The lowest BCUT2D eigenvalue weighted by Crippen LogP contribution is -2.07. The maximum atomic E-state index is 8.96. The van der Waals surface area contributed by atoms with Crippen LogP contribution in [0.15, 0.2) is 90.0 Å². The topological polar surface area (TPSA) is 57.4 Å². The highest BCUT2D eigenvalue weighted by molar-refractivity contribution is 6.31. The fraction of sp³-hybridized carbons (Fsp3) is 0.0769. The molecule has 1 N–H and O–H groups in total. The lowest BCUT2D eigenvalue weighted by Gasteiger charge is -2.12. The Morgan fingerprint density at radius 2 is 1.71 bits per heavy atom. The number of nitriles is 1. The molecule has 31 heavy (non-hydrogen) atoms. The van der Waals surface area contributed by atoms with Crippen molar-refractivity contribution in [3.63, 3.8) is 0 Å². The van der Waals surface area contributed by atoms with Gasteiger partial charge in [-0.15, -0.1) is 0 Å². The normalized spacial score (nSPS) is 10.8. The van der Waals surface area contributed by atoms with Crippen LogP contribution in [-0.2, 0) is 13.2 Å². The minimum absolute atomic E-state index is 0.401. The highest BCUT2D eigenvalue weighted by Gasteiger charge is 2.08. The van der Waals surface area contributed by atoms with Gasteiger partial charge in [0.2, 0.25) is 0 Å². The van der Waals surface area contributed by atoms with Crippen molar-refractivity contribution in [1.29, 1.82) is 5.26 Å². The van der Waals surface area contributed by atoms with Crippen LogP contribution in [-0.4, -0.2) is 6.21 Å².